The van der Waals surface area contributed by atoms with Gasteiger partial charge in [0.2, 0.25) is 0 Å². The fraction of sp³-hybridized carbons (Fsp3) is 0.414. The summed E-state index contributed by atoms with van der Waals surface area (Å²) in [5.74, 6) is -0.387. The van der Waals surface area contributed by atoms with E-state index in [2.05, 4.69) is 15.2 Å². The lowest BCUT2D eigenvalue weighted by atomic mass is 9.99. The van der Waals surface area contributed by atoms with Gasteiger partial charge in [0.25, 0.3) is 5.91 Å². The van der Waals surface area contributed by atoms with Crippen molar-refractivity contribution < 1.29 is 45.5 Å². The summed E-state index contributed by atoms with van der Waals surface area (Å²) in [6.07, 6.45) is -0.471. The number of benzene rings is 2. The second kappa shape index (κ2) is 12.2. The molecule has 44 heavy (non-hydrogen) atoms. The lowest BCUT2D eigenvalue weighted by Gasteiger charge is -2.38. The van der Waals surface area contributed by atoms with Crippen molar-refractivity contribution in [3.05, 3.63) is 65.4 Å². The summed E-state index contributed by atoms with van der Waals surface area (Å²) in [6, 6.07) is 11.2. The SMILES string of the molecule is O=C(NS(=O)[O-])c1ccc(NC(=O)N2C3CCC2CC(OCc2c(-c4ccccc4OC(F)(F)F)noc2C2CC2)C3)cc1. The first-order valence-electron chi connectivity index (χ1n) is 14.1. The van der Waals surface area contributed by atoms with Gasteiger partial charge in [-0.25, -0.2) is 4.79 Å². The Labute approximate surface area is 252 Å². The van der Waals surface area contributed by atoms with Crippen LogP contribution in [0.15, 0.2) is 53.1 Å². The monoisotopic (exact) mass is 633 g/mol. The Hall–Kier alpha value is -3.95. The number of hydrogen-bond donors (Lipinski definition) is 2. The number of fused-ring (bicyclic) bond motifs is 2. The second-order valence-electron chi connectivity index (χ2n) is 11.1. The summed E-state index contributed by atoms with van der Waals surface area (Å²) < 4.78 is 78.6. The molecule has 3 amide bonds. The number of urea groups is 1. The molecule has 0 spiro atoms. The quantitative estimate of drug-likeness (QED) is 0.299. The van der Waals surface area contributed by atoms with Crippen LogP contribution in [0.3, 0.4) is 0 Å². The first kappa shape index (κ1) is 30.1. The maximum Gasteiger partial charge on any atom is 0.573 e. The van der Waals surface area contributed by atoms with E-state index >= 15 is 0 Å². The zero-order chi connectivity index (χ0) is 31.0. The minimum absolute atomic E-state index is 0.0680. The average molecular weight is 634 g/mol. The van der Waals surface area contributed by atoms with Gasteiger partial charge in [-0.1, -0.05) is 17.3 Å². The molecule has 2 bridgehead atoms. The van der Waals surface area contributed by atoms with Crippen LogP contribution in [0, 0.1) is 0 Å². The molecule has 3 heterocycles. The van der Waals surface area contributed by atoms with Crippen molar-refractivity contribution >= 4 is 28.9 Å². The van der Waals surface area contributed by atoms with Crippen LogP contribution in [0.25, 0.3) is 11.3 Å². The number of hydrogen-bond acceptors (Lipinski definition) is 8. The van der Waals surface area contributed by atoms with Crippen LogP contribution in [0.5, 0.6) is 5.75 Å². The first-order chi connectivity index (χ1) is 21.1. The third-order valence-corrected chi connectivity index (χ3v) is 8.45. The molecule has 2 N–H and O–H groups in total. The smallest absolute Gasteiger partial charge is 0.573 e. The molecule has 1 saturated carbocycles. The van der Waals surface area contributed by atoms with Crippen molar-refractivity contribution in [2.24, 2.45) is 0 Å². The van der Waals surface area contributed by atoms with E-state index in [4.69, 9.17) is 9.26 Å². The molecule has 1 aliphatic carbocycles. The number of amides is 3. The van der Waals surface area contributed by atoms with Crippen molar-refractivity contribution in [3.63, 3.8) is 0 Å². The van der Waals surface area contributed by atoms with Gasteiger partial charge in [-0.2, -0.15) is 0 Å². The summed E-state index contributed by atoms with van der Waals surface area (Å²) in [5, 5.41) is 6.98. The summed E-state index contributed by atoms with van der Waals surface area (Å²) in [6.45, 7) is 0.0984. The fourth-order valence-electron chi connectivity index (χ4n) is 6.04. The van der Waals surface area contributed by atoms with Gasteiger partial charge in [0.15, 0.2) is 0 Å². The van der Waals surface area contributed by atoms with Gasteiger partial charge in [-0.05, 0) is 74.9 Å². The molecular weight excluding hydrogens is 605 g/mol. The van der Waals surface area contributed by atoms with Gasteiger partial charge in [-0.15, -0.1) is 13.2 Å². The maximum absolute atomic E-state index is 13.2. The Morgan fingerprint density at radius 3 is 2.36 bits per heavy atom. The lowest BCUT2D eigenvalue weighted by molar-refractivity contribution is -0.274. The summed E-state index contributed by atoms with van der Waals surface area (Å²) in [7, 11) is 0. The molecule has 3 aromatic rings. The number of rotatable bonds is 9. The summed E-state index contributed by atoms with van der Waals surface area (Å²) in [4.78, 5) is 26.8. The number of carbonyl (C=O) groups is 2. The highest BCUT2D eigenvalue weighted by Gasteiger charge is 2.44. The van der Waals surface area contributed by atoms with E-state index in [-0.39, 0.29) is 59.3 Å². The van der Waals surface area contributed by atoms with Gasteiger partial charge >= 0.3 is 12.4 Å². The largest absolute Gasteiger partial charge is 0.755 e. The number of para-hydroxylation sites is 1. The molecule has 6 rings (SSSR count). The van der Waals surface area contributed by atoms with Crippen LogP contribution < -0.4 is 14.8 Å². The highest BCUT2D eigenvalue weighted by atomic mass is 32.2. The van der Waals surface area contributed by atoms with Crippen molar-refractivity contribution in [1.82, 2.24) is 14.8 Å². The molecule has 1 aromatic heterocycles. The molecule has 2 aromatic carbocycles. The Morgan fingerprint density at radius 1 is 1.05 bits per heavy atom. The van der Waals surface area contributed by atoms with E-state index in [1.807, 2.05) is 4.90 Å². The van der Waals surface area contributed by atoms with E-state index in [9.17, 15) is 31.5 Å². The first-order valence-corrected chi connectivity index (χ1v) is 15.2. The number of piperidine rings is 1. The third-order valence-electron chi connectivity index (χ3n) is 8.10. The molecule has 3 unspecified atom stereocenters. The number of halogens is 3. The Morgan fingerprint density at radius 2 is 1.73 bits per heavy atom. The van der Waals surface area contributed by atoms with Crippen molar-refractivity contribution in [2.75, 3.05) is 5.32 Å². The number of aromatic nitrogens is 1. The zero-order valence-electron chi connectivity index (χ0n) is 23.2. The predicted molar refractivity (Wildman–Crippen MR) is 149 cm³/mol. The summed E-state index contributed by atoms with van der Waals surface area (Å²) >= 11 is -2.73. The number of anilines is 1. The van der Waals surface area contributed by atoms with Gasteiger partial charge in [-0.3, -0.25) is 13.7 Å². The predicted octanol–water partition coefficient (Wildman–Crippen LogP) is 5.39. The van der Waals surface area contributed by atoms with Crippen molar-refractivity contribution in [1.29, 1.82) is 0 Å². The minimum atomic E-state index is -4.86. The summed E-state index contributed by atoms with van der Waals surface area (Å²) in [5.41, 5.74) is 1.62. The fourth-order valence-corrected chi connectivity index (χ4v) is 6.31. The zero-order valence-corrected chi connectivity index (χ0v) is 24.0. The Balaban J connectivity index is 1.11. The minimum Gasteiger partial charge on any atom is -0.755 e. The Bertz CT molecular complexity index is 1550. The van der Waals surface area contributed by atoms with Gasteiger partial charge < -0.3 is 28.8 Å². The highest BCUT2D eigenvalue weighted by molar-refractivity contribution is 7.77. The highest BCUT2D eigenvalue weighted by Crippen LogP contribution is 2.46. The molecule has 234 valence electrons. The molecular formula is C29H28F3N4O7S-. The standard InChI is InChI=1S/C29H29F3N4O7S/c30-29(31,32)42-24-4-2-1-3-22(24)25-23(26(43-34-25)16-5-6-16)15-41-21-13-19-11-12-20(14-21)36(19)28(38)33-18-9-7-17(8-10-18)27(37)35-44(39)40/h1-4,7-10,16,19-21H,5-6,11-15H2,(H,33,38)(H,35,37)(H,39,40)/p-1. The Kier molecular flexibility index (Phi) is 8.35. The van der Waals surface area contributed by atoms with Crippen LogP contribution >= 0.6 is 0 Å². The van der Waals surface area contributed by atoms with Crippen LogP contribution in [0.4, 0.5) is 23.7 Å². The molecule has 2 aliphatic heterocycles. The van der Waals surface area contributed by atoms with Crippen LogP contribution in [0.2, 0.25) is 0 Å². The van der Waals surface area contributed by atoms with Crippen LogP contribution in [-0.2, 0) is 22.6 Å². The normalized spacial score (nSPS) is 22.0. The second-order valence-corrected chi connectivity index (χ2v) is 11.7. The molecule has 3 aliphatic rings. The number of carbonyl (C=O) groups excluding carboxylic acids is 2. The lowest BCUT2D eigenvalue weighted by Crippen LogP contribution is -2.50. The van der Waals surface area contributed by atoms with E-state index in [0.717, 1.165) is 25.7 Å². The van der Waals surface area contributed by atoms with Crippen LogP contribution in [-0.4, -0.2) is 55.3 Å². The molecule has 2 saturated heterocycles. The van der Waals surface area contributed by atoms with E-state index < -0.39 is 23.5 Å². The topological polar surface area (TPSA) is 146 Å². The number of alkyl halides is 3. The van der Waals surface area contributed by atoms with E-state index in [1.54, 1.807) is 10.8 Å². The molecule has 3 fully saturated rings. The van der Waals surface area contributed by atoms with Crippen molar-refractivity contribution in [3.8, 4) is 17.0 Å². The van der Waals surface area contributed by atoms with E-state index in [1.165, 1.54) is 42.5 Å². The maximum atomic E-state index is 13.2. The van der Waals surface area contributed by atoms with Gasteiger partial charge in [0.05, 0.1) is 12.7 Å². The number of nitrogens with one attached hydrogen (secondary N) is 2. The molecule has 0 radical (unpaired) electrons. The number of ether oxygens (including phenoxy) is 2. The average Bonchev–Trinajstić information content (AvgIpc) is 3.66. The molecule has 11 nitrogen and oxygen atoms in total. The van der Waals surface area contributed by atoms with E-state index in [0.29, 0.717) is 29.9 Å². The molecule has 15 heteroatoms. The number of nitrogens with zero attached hydrogens (tertiary/aromatic N) is 2. The van der Waals surface area contributed by atoms with Crippen LogP contribution in [0.1, 0.15) is 66.1 Å². The third kappa shape index (κ3) is 6.74. The van der Waals surface area contributed by atoms with Crippen molar-refractivity contribution in [2.45, 2.75) is 75.6 Å². The van der Waals surface area contributed by atoms with Gasteiger partial charge in [0, 0.05) is 51.6 Å². The van der Waals surface area contributed by atoms with Gasteiger partial charge in [0.1, 0.15) is 17.2 Å². The molecule has 3 atom stereocenters.